The predicted molar refractivity (Wildman–Crippen MR) is 110 cm³/mol. The first-order valence-corrected chi connectivity index (χ1v) is 8.83. The van der Waals surface area contributed by atoms with Crippen molar-refractivity contribution in [1.82, 2.24) is 0 Å². The van der Waals surface area contributed by atoms with E-state index >= 15 is 0 Å². The van der Waals surface area contributed by atoms with E-state index in [1.807, 2.05) is 32.1 Å². The normalized spacial score (nSPS) is 12.9. The van der Waals surface area contributed by atoms with Gasteiger partial charge in [0.1, 0.15) is 5.75 Å². The second-order valence-electron chi connectivity index (χ2n) is 6.30. The number of rotatable bonds is 7. The number of esters is 1. The van der Waals surface area contributed by atoms with Gasteiger partial charge in [0, 0.05) is 6.08 Å². The molecule has 1 aromatic carbocycles. The van der Waals surface area contributed by atoms with Crippen molar-refractivity contribution in [1.29, 1.82) is 0 Å². The van der Waals surface area contributed by atoms with Crippen LogP contribution in [0.1, 0.15) is 43.0 Å². The van der Waals surface area contributed by atoms with E-state index < -0.39 is 0 Å². The maximum absolute atomic E-state index is 11.4. The number of benzene rings is 1. The molecular formula is C23H30O3. The maximum Gasteiger partial charge on any atom is 0.330 e. The smallest absolute Gasteiger partial charge is 0.330 e. The molecule has 0 atom stereocenters. The molecule has 0 aromatic heterocycles. The summed E-state index contributed by atoms with van der Waals surface area (Å²) in [6.07, 6.45) is 11.6. The fourth-order valence-corrected chi connectivity index (χ4v) is 2.57. The van der Waals surface area contributed by atoms with Crippen LogP contribution in [0.3, 0.4) is 0 Å². The molecule has 3 heteroatoms. The zero-order valence-electron chi connectivity index (χ0n) is 17.0. The lowest BCUT2D eigenvalue weighted by Gasteiger charge is -2.13. The molecule has 3 nitrogen and oxygen atoms in total. The lowest BCUT2D eigenvalue weighted by Crippen LogP contribution is -1.99. The van der Waals surface area contributed by atoms with E-state index in [-0.39, 0.29) is 5.97 Å². The molecule has 0 bridgehead atoms. The average molecular weight is 354 g/mol. The molecule has 1 rings (SSSR count). The minimum Gasteiger partial charge on any atom is -0.496 e. The van der Waals surface area contributed by atoms with Gasteiger partial charge >= 0.3 is 5.97 Å². The molecule has 140 valence electrons. The van der Waals surface area contributed by atoms with Crippen LogP contribution >= 0.6 is 0 Å². The van der Waals surface area contributed by atoms with E-state index in [4.69, 9.17) is 9.47 Å². The first kappa shape index (κ1) is 21.5. The van der Waals surface area contributed by atoms with Crippen molar-refractivity contribution in [3.05, 3.63) is 69.8 Å². The lowest BCUT2D eigenvalue weighted by molar-refractivity contribution is -0.137. The van der Waals surface area contributed by atoms with Crippen LogP contribution in [0.25, 0.3) is 6.08 Å². The summed E-state index contributed by atoms with van der Waals surface area (Å²) in [4.78, 5) is 11.4. The number of hydrogen-bond acceptors (Lipinski definition) is 3. The molecule has 0 radical (unpaired) electrons. The van der Waals surface area contributed by atoms with E-state index in [9.17, 15) is 4.79 Å². The zero-order chi connectivity index (χ0) is 19.7. The molecule has 0 N–H and O–H groups in total. The molecule has 0 saturated heterocycles. The van der Waals surface area contributed by atoms with Crippen molar-refractivity contribution < 1.29 is 14.3 Å². The van der Waals surface area contributed by atoms with Gasteiger partial charge in [-0.25, -0.2) is 4.79 Å². The SMILES string of the molecule is CCOC(=O)/C=C(C)/C=C/C=C(C)\C=C\c1c(C)cc(OC)c(C)c1C. The van der Waals surface area contributed by atoms with Crippen LogP contribution in [0.5, 0.6) is 5.75 Å². The van der Waals surface area contributed by atoms with E-state index in [0.29, 0.717) is 6.61 Å². The zero-order valence-corrected chi connectivity index (χ0v) is 17.0. The van der Waals surface area contributed by atoms with Crippen molar-refractivity contribution in [3.63, 3.8) is 0 Å². The Morgan fingerprint density at radius 1 is 1.08 bits per heavy atom. The number of methoxy groups -OCH3 is 1. The summed E-state index contributed by atoms with van der Waals surface area (Å²) in [5.41, 5.74) is 6.79. The number of carbonyl (C=O) groups excluding carboxylic acids is 1. The summed E-state index contributed by atoms with van der Waals surface area (Å²) < 4.78 is 10.3. The first-order chi connectivity index (χ1) is 12.3. The maximum atomic E-state index is 11.4. The van der Waals surface area contributed by atoms with E-state index in [1.165, 1.54) is 28.3 Å². The molecule has 1 aromatic rings. The standard InChI is InChI=1S/C23H30O3/c1-8-26-23(24)14-17(3)11-9-10-16(2)12-13-21-18(4)15-22(25-7)20(6)19(21)5/h9-15H,8H2,1-7H3/b11-9+,13-12+,16-10-,17-14+. The van der Waals surface area contributed by atoms with Crippen molar-refractivity contribution in [3.8, 4) is 5.75 Å². The van der Waals surface area contributed by atoms with E-state index in [2.05, 4.69) is 39.0 Å². The highest BCUT2D eigenvalue weighted by molar-refractivity contribution is 5.83. The van der Waals surface area contributed by atoms with Gasteiger partial charge in [0.25, 0.3) is 0 Å². The quantitative estimate of drug-likeness (QED) is 0.361. The Kier molecular flexibility index (Phi) is 8.63. The van der Waals surface area contributed by atoms with Gasteiger partial charge in [0.05, 0.1) is 13.7 Å². The minimum atomic E-state index is -0.309. The van der Waals surface area contributed by atoms with Gasteiger partial charge < -0.3 is 9.47 Å². The average Bonchev–Trinajstić information content (AvgIpc) is 2.58. The molecule has 0 aliphatic carbocycles. The summed E-state index contributed by atoms with van der Waals surface area (Å²) >= 11 is 0. The summed E-state index contributed by atoms with van der Waals surface area (Å²) in [7, 11) is 1.70. The van der Waals surface area contributed by atoms with Crippen LogP contribution in [-0.2, 0) is 9.53 Å². The first-order valence-electron chi connectivity index (χ1n) is 8.83. The Hall–Kier alpha value is -2.55. The molecule has 0 aliphatic rings. The molecular weight excluding hydrogens is 324 g/mol. The van der Waals surface area contributed by atoms with Crippen LogP contribution in [-0.4, -0.2) is 19.7 Å². The second-order valence-corrected chi connectivity index (χ2v) is 6.30. The summed E-state index contributed by atoms with van der Waals surface area (Å²) in [6, 6.07) is 2.07. The Morgan fingerprint density at radius 2 is 1.77 bits per heavy atom. The largest absolute Gasteiger partial charge is 0.496 e. The highest BCUT2D eigenvalue weighted by Crippen LogP contribution is 2.28. The van der Waals surface area contributed by atoms with Gasteiger partial charge in [-0.15, -0.1) is 0 Å². The molecule has 0 saturated carbocycles. The molecule has 0 amide bonds. The van der Waals surface area contributed by atoms with Crippen molar-refractivity contribution in [2.45, 2.75) is 41.5 Å². The summed E-state index contributed by atoms with van der Waals surface area (Å²) in [5.74, 6) is 0.618. The van der Waals surface area contributed by atoms with Crippen molar-refractivity contribution in [2.24, 2.45) is 0 Å². The van der Waals surface area contributed by atoms with E-state index in [1.54, 1.807) is 14.0 Å². The van der Waals surface area contributed by atoms with Gasteiger partial charge in [-0.1, -0.05) is 36.0 Å². The molecule has 0 fully saturated rings. The number of carbonyl (C=O) groups is 1. The van der Waals surface area contributed by atoms with Gasteiger partial charge in [0.2, 0.25) is 0 Å². The Balaban J connectivity index is 2.89. The fraction of sp³-hybridized carbons (Fsp3) is 0.348. The molecule has 0 spiro atoms. The Labute approximate surface area is 157 Å². The summed E-state index contributed by atoms with van der Waals surface area (Å²) in [6.45, 7) is 12.4. The molecule has 26 heavy (non-hydrogen) atoms. The Morgan fingerprint density at radius 3 is 2.38 bits per heavy atom. The van der Waals surface area contributed by atoms with E-state index in [0.717, 1.165) is 16.9 Å². The molecule has 0 aliphatic heterocycles. The molecule has 0 heterocycles. The predicted octanol–water partition coefficient (Wildman–Crippen LogP) is 5.65. The number of hydrogen-bond donors (Lipinski definition) is 0. The van der Waals surface area contributed by atoms with Crippen molar-refractivity contribution in [2.75, 3.05) is 13.7 Å². The Bertz CT molecular complexity index is 762. The third-order valence-corrected chi connectivity index (χ3v) is 4.19. The van der Waals surface area contributed by atoms with Crippen LogP contribution < -0.4 is 4.74 Å². The van der Waals surface area contributed by atoms with Gasteiger partial charge in [0.15, 0.2) is 0 Å². The topological polar surface area (TPSA) is 35.5 Å². The van der Waals surface area contributed by atoms with Crippen LogP contribution in [0.15, 0.2) is 47.6 Å². The second kappa shape index (κ2) is 10.4. The van der Waals surface area contributed by atoms with Crippen LogP contribution in [0.2, 0.25) is 0 Å². The van der Waals surface area contributed by atoms with Gasteiger partial charge in [-0.05, 0) is 75.4 Å². The number of ether oxygens (including phenoxy) is 2. The van der Waals surface area contributed by atoms with Gasteiger partial charge in [-0.3, -0.25) is 0 Å². The van der Waals surface area contributed by atoms with Crippen molar-refractivity contribution >= 4 is 12.0 Å². The van der Waals surface area contributed by atoms with Crippen LogP contribution in [0, 0.1) is 20.8 Å². The summed E-state index contributed by atoms with van der Waals surface area (Å²) in [5, 5.41) is 0. The van der Waals surface area contributed by atoms with Crippen LogP contribution in [0.4, 0.5) is 0 Å². The monoisotopic (exact) mass is 354 g/mol. The number of aryl methyl sites for hydroxylation is 1. The van der Waals surface area contributed by atoms with Gasteiger partial charge in [-0.2, -0.15) is 0 Å². The minimum absolute atomic E-state index is 0.309. The third-order valence-electron chi connectivity index (χ3n) is 4.19. The highest BCUT2D eigenvalue weighted by Gasteiger charge is 2.08. The molecule has 0 unspecified atom stereocenters. The third kappa shape index (κ3) is 6.40. The lowest BCUT2D eigenvalue weighted by atomic mass is 9.96. The fourth-order valence-electron chi connectivity index (χ4n) is 2.57. The highest BCUT2D eigenvalue weighted by atomic mass is 16.5. The number of allylic oxidation sites excluding steroid dienone is 6.